The van der Waals surface area contributed by atoms with Crippen molar-refractivity contribution in [3.8, 4) is 0 Å². The van der Waals surface area contributed by atoms with Crippen LogP contribution in [0.4, 0.5) is 0 Å². The first-order valence-corrected chi connectivity index (χ1v) is 7.57. The van der Waals surface area contributed by atoms with Crippen molar-refractivity contribution < 1.29 is 19.4 Å². The number of carboxylic acid groups (broad SMARTS) is 1. The van der Waals surface area contributed by atoms with Crippen LogP contribution in [0.15, 0.2) is 0 Å². The van der Waals surface area contributed by atoms with E-state index in [4.69, 9.17) is 4.74 Å². The van der Waals surface area contributed by atoms with Gasteiger partial charge in [-0.2, -0.15) is 0 Å². The molecular weight excluding hydrogens is 258 g/mol. The zero-order valence-corrected chi connectivity index (χ0v) is 12.7. The van der Waals surface area contributed by atoms with Crippen molar-refractivity contribution in [2.24, 2.45) is 17.8 Å². The van der Waals surface area contributed by atoms with Gasteiger partial charge in [-0.1, -0.05) is 13.3 Å². The zero-order valence-electron chi connectivity index (χ0n) is 12.7. The molecule has 0 aromatic carbocycles. The molecule has 0 spiro atoms. The Morgan fingerprint density at radius 1 is 1.30 bits per heavy atom. The summed E-state index contributed by atoms with van der Waals surface area (Å²) in [5.74, 6) is -1.49. The summed E-state index contributed by atoms with van der Waals surface area (Å²) in [7, 11) is 0. The molecule has 0 bridgehead atoms. The summed E-state index contributed by atoms with van der Waals surface area (Å²) in [6, 6.07) is 0. The Morgan fingerprint density at radius 3 is 2.50 bits per heavy atom. The number of carbonyl (C=O) groups excluding carboxylic acids is 1. The largest absolute Gasteiger partial charge is 0.481 e. The average Bonchev–Trinajstić information content (AvgIpc) is 2.82. The molecule has 0 aliphatic heterocycles. The Bertz CT molecular complexity index is 330. The number of aliphatic carboxylic acids is 1. The molecule has 0 aromatic heterocycles. The van der Waals surface area contributed by atoms with Crippen LogP contribution in [0.3, 0.4) is 0 Å². The third kappa shape index (κ3) is 5.12. The Balaban J connectivity index is 2.35. The summed E-state index contributed by atoms with van der Waals surface area (Å²) in [6.07, 6.45) is 3.21. The number of hydrogen-bond donors (Lipinski definition) is 2. The predicted molar refractivity (Wildman–Crippen MR) is 76.3 cm³/mol. The molecule has 1 saturated carbocycles. The molecule has 1 amide bonds. The van der Waals surface area contributed by atoms with Crippen LogP contribution in [0.25, 0.3) is 0 Å². The molecule has 3 atom stereocenters. The molecule has 116 valence electrons. The van der Waals surface area contributed by atoms with E-state index in [1.165, 1.54) is 0 Å². The third-order valence-corrected chi connectivity index (χ3v) is 3.96. The van der Waals surface area contributed by atoms with Gasteiger partial charge in [0.15, 0.2) is 0 Å². The second-order valence-electron chi connectivity index (χ2n) is 5.86. The first-order valence-electron chi connectivity index (χ1n) is 7.57. The van der Waals surface area contributed by atoms with Crippen molar-refractivity contribution in [2.45, 2.75) is 52.6 Å². The van der Waals surface area contributed by atoms with E-state index in [1.54, 1.807) is 0 Å². The second kappa shape index (κ2) is 8.25. The highest BCUT2D eigenvalue weighted by Crippen LogP contribution is 2.38. The Hall–Kier alpha value is -1.10. The molecule has 1 fully saturated rings. The highest BCUT2D eigenvalue weighted by atomic mass is 16.5. The number of carbonyl (C=O) groups is 2. The van der Waals surface area contributed by atoms with Crippen LogP contribution < -0.4 is 5.32 Å². The maximum absolute atomic E-state index is 12.1. The Kier molecular flexibility index (Phi) is 6.99. The summed E-state index contributed by atoms with van der Waals surface area (Å²) >= 11 is 0. The Morgan fingerprint density at radius 2 is 1.95 bits per heavy atom. The van der Waals surface area contributed by atoms with Crippen LogP contribution in [-0.4, -0.2) is 36.2 Å². The quantitative estimate of drug-likeness (QED) is 0.669. The number of amides is 1. The molecule has 0 radical (unpaired) electrons. The summed E-state index contributed by atoms with van der Waals surface area (Å²) < 4.78 is 5.40. The van der Waals surface area contributed by atoms with E-state index in [2.05, 4.69) is 5.32 Å². The first kappa shape index (κ1) is 17.0. The number of nitrogens with one attached hydrogen (secondary N) is 1. The van der Waals surface area contributed by atoms with E-state index in [9.17, 15) is 14.7 Å². The number of ether oxygens (including phenoxy) is 1. The fourth-order valence-corrected chi connectivity index (χ4v) is 2.77. The van der Waals surface area contributed by atoms with Crippen LogP contribution in [-0.2, 0) is 14.3 Å². The lowest BCUT2D eigenvalue weighted by molar-refractivity contribution is -0.146. The average molecular weight is 285 g/mol. The van der Waals surface area contributed by atoms with E-state index in [0.29, 0.717) is 31.9 Å². The van der Waals surface area contributed by atoms with Gasteiger partial charge in [0.05, 0.1) is 17.9 Å². The van der Waals surface area contributed by atoms with Crippen molar-refractivity contribution in [1.82, 2.24) is 5.32 Å². The fraction of sp³-hybridized carbons (Fsp3) is 0.867. The lowest BCUT2D eigenvalue weighted by atomic mass is 9.95. The van der Waals surface area contributed by atoms with Crippen LogP contribution in [0.1, 0.15) is 46.5 Å². The van der Waals surface area contributed by atoms with Gasteiger partial charge in [0.2, 0.25) is 5.91 Å². The van der Waals surface area contributed by atoms with Gasteiger partial charge in [0.25, 0.3) is 0 Å². The lowest BCUT2D eigenvalue weighted by Crippen LogP contribution is -2.36. The standard InChI is InChI=1S/C15H27NO4/c1-4-11-8-12(13(9-11)15(18)19)14(17)16-6-5-7-20-10(2)3/h10-13H,4-9H2,1-3H3,(H,16,17)(H,18,19). The van der Waals surface area contributed by atoms with E-state index < -0.39 is 11.9 Å². The first-order chi connectivity index (χ1) is 9.45. The number of hydrogen-bond acceptors (Lipinski definition) is 3. The number of rotatable bonds is 8. The normalized spacial score (nSPS) is 25.9. The van der Waals surface area contributed by atoms with Gasteiger partial charge < -0.3 is 15.2 Å². The highest BCUT2D eigenvalue weighted by Gasteiger charge is 2.41. The van der Waals surface area contributed by atoms with Gasteiger partial charge in [-0.3, -0.25) is 9.59 Å². The molecule has 1 aliphatic carbocycles. The van der Waals surface area contributed by atoms with Crippen molar-refractivity contribution in [1.29, 1.82) is 0 Å². The molecule has 20 heavy (non-hydrogen) atoms. The fourth-order valence-electron chi connectivity index (χ4n) is 2.77. The molecular formula is C15H27NO4. The predicted octanol–water partition coefficient (Wildman–Crippen LogP) is 2.05. The second-order valence-corrected chi connectivity index (χ2v) is 5.86. The topological polar surface area (TPSA) is 75.6 Å². The summed E-state index contributed by atoms with van der Waals surface area (Å²) in [5.41, 5.74) is 0. The van der Waals surface area contributed by atoms with Gasteiger partial charge in [0.1, 0.15) is 0 Å². The maximum atomic E-state index is 12.1. The number of carboxylic acids is 1. The van der Waals surface area contributed by atoms with Crippen molar-refractivity contribution in [3.63, 3.8) is 0 Å². The third-order valence-electron chi connectivity index (χ3n) is 3.96. The van der Waals surface area contributed by atoms with Gasteiger partial charge in [0, 0.05) is 13.2 Å². The molecule has 0 saturated heterocycles. The van der Waals surface area contributed by atoms with Crippen molar-refractivity contribution in [3.05, 3.63) is 0 Å². The van der Waals surface area contributed by atoms with Crippen LogP contribution in [0.2, 0.25) is 0 Å². The molecule has 5 heteroatoms. The van der Waals surface area contributed by atoms with Crippen LogP contribution >= 0.6 is 0 Å². The van der Waals surface area contributed by atoms with E-state index in [-0.39, 0.29) is 17.9 Å². The van der Waals surface area contributed by atoms with E-state index >= 15 is 0 Å². The monoisotopic (exact) mass is 285 g/mol. The van der Waals surface area contributed by atoms with E-state index in [0.717, 1.165) is 12.8 Å². The van der Waals surface area contributed by atoms with Gasteiger partial charge in [-0.15, -0.1) is 0 Å². The lowest BCUT2D eigenvalue weighted by Gasteiger charge is -2.15. The molecule has 1 rings (SSSR count). The van der Waals surface area contributed by atoms with Gasteiger partial charge >= 0.3 is 5.97 Å². The SMILES string of the molecule is CCC1CC(C(=O)O)C(C(=O)NCCCOC(C)C)C1. The summed E-state index contributed by atoms with van der Waals surface area (Å²) in [4.78, 5) is 23.3. The minimum absolute atomic E-state index is 0.113. The zero-order chi connectivity index (χ0) is 15.1. The maximum Gasteiger partial charge on any atom is 0.307 e. The van der Waals surface area contributed by atoms with E-state index in [1.807, 2.05) is 20.8 Å². The summed E-state index contributed by atoms with van der Waals surface area (Å²) in [5, 5.41) is 12.1. The molecule has 0 heterocycles. The smallest absolute Gasteiger partial charge is 0.307 e. The molecule has 0 aromatic rings. The van der Waals surface area contributed by atoms with Crippen molar-refractivity contribution in [2.75, 3.05) is 13.2 Å². The molecule has 2 N–H and O–H groups in total. The minimum atomic E-state index is -0.843. The Labute approximate surface area is 121 Å². The van der Waals surface area contributed by atoms with Crippen LogP contribution in [0, 0.1) is 17.8 Å². The highest BCUT2D eigenvalue weighted by molar-refractivity contribution is 5.85. The minimum Gasteiger partial charge on any atom is -0.481 e. The van der Waals surface area contributed by atoms with Gasteiger partial charge in [-0.25, -0.2) is 0 Å². The molecule has 3 unspecified atom stereocenters. The molecule has 5 nitrogen and oxygen atoms in total. The summed E-state index contributed by atoms with van der Waals surface area (Å²) in [6.45, 7) is 7.15. The van der Waals surface area contributed by atoms with Gasteiger partial charge in [-0.05, 0) is 39.0 Å². The van der Waals surface area contributed by atoms with Crippen LogP contribution in [0.5, 0.6) is 0 Å². The van der Waals surface area contributed by atoms with Crippen molar-refractivity contribution >= 4 is 11.9 Å². The molecule has 1 aliphatic rings.